The molecule has 2 amide bonds. The molecule has 0 bridgehead atoms. The molecule has 1 aliphatic carbocycles. The fraction of sp³-hybridized carbons (Fsp3) is 0.419. The second-order valence-corrected chi connectivity index (χ2v) is 12.8. The van der Waals surface area contributed by atoms with Gasteiger partial charge in [-0.15, -0.1) is 0 Å². The maximum Gasteiger partial charge on any atom is 0.411 e. The predicted octanol–water partition coefficient (Wildman–Crippen LogP) is 3.14. The monoisotopic (exact) mass is 597 g/mol. The average Bonchev–Trinajstić information content (AvgIpc) is 3.38. The van der Waals surface area contributed by atoms with Crippen molar-refractivity contribution in [1.82, 2.24) is 14.5 Å². The molecule has 1 saturated heterocycles. The molecule has 4 rings (SSSR count). The van der Waals surface area contributed by atoms with Crippen molar-refractivity contribution in [1.29, 1.82) is 0 Å². The molecule has 1 unspecified atom stereocenters. The molecule has 0 saturated carbocycles. The molecule has 2 aromatic rings. The number of ether oxygens (including phenoxy) is 2. The van der Waals surface area contributed by atoms with E-state index in [4.69, 9.17) is 9.47 Å². The number of nitrogens with zero attached hydrogens (tertiary/aromatic N) is 2. The van der Waals surface area contributed by atoms with Crippen molar-refractivity contribution >= 4 is 22.0 Å². The van der Waals surface area contributed by atoms with Crippen LogP contribution in [0.15, 0.2) is 83.8 Å². The van der Waals surface area contributed by atoms with Gasteiger partial charge in [0.05, 0.1) is 36.7 Å². The molecular formula is C31H39N3O7S. The molecule has 1 aliphatic heterocycles. The lowest BCUT2D eigenvalue weighted by atomic mass is 10.0. The summed E-state index contributed by atoms with van der Waals surface area (Å²) in [6.45, 7) is 3.77. The van der Waals surface area contributed by atoms with E-state index in [1.165, 1.54) is 28.4 Å². The van der Waals surface area contributed by atoms with Crippen LogP contribution in [0.25, 0.3) is 0 Å². The lowest BCUT2D eigenvalue weighted by molar-refractivity contribution is -0.129. The highest BCUT2D eigenvalue weighted by Gasteiger charge is 2.40. The second-order valence-electron chi connectivity index (χ2n) is 10.9. The number of benzene rings is 2. The molecular weight excluding hydrogens is 558 g/mol. The molecule has 1 fully saturated rings. The first kappa shape index (κ1) is 31.3. The molecule has 2 N–H and O–H groups in total. The molecule has 226 valence electrons. The average molecular weight is 598 g/mol. The van der Waals surface area contributed by atoms with Crippen LogP contribution >= 0.6 is 0 Å². The van der Waals surface area contributed by atoms with Crippen molar-refractivity contribution in [3.05, 3.63) is 84.5 Å². The van der Waals surface area contributed by atoms with Gasteiger partial charge in [0.25, 0.3) is 5.91 Å². The van der Waals surface area contributed by atoms with Gasteiger partial charge in [-0.25, -0.2) is 13.2 Å². The summed E-state index contributed by atoms with van der Waals surface area (Å²) in [5.74, 6) is -0.0493. The van der Waals surface area contributed by atoms with Gasteiger partial charge in [0.2, 0.25) is 10.0 Å². The Morgan fingerprint density at radius 2 is 1.83 bits per heavy atom. The number of sulfonamides is 1. The summed E-state index contributed by atoms with van der Waals surface area (Å²) in [5, 5.41) is 14.3. The second kappa shape index (κ2) is 14.0. The smallest absolute Gasteiger partial charge is 0.411 e. The molecule has 0 aromatic heterocycles. The van der Waals surface area contributed by atoms with Crippen molar-refractivity contribution in [2.45, 2.75) is 55.9 Å². The van der Waals surface area contributed by atoms with E-state index >= 15 is 0 Å². The van der Waals surface area contributed by atoms with Crippen LogP contribution in [0, 0.1) is 5.92 Å². The number of amides is 2. The first-order valence-electron chi connectivity index (χ1n) is 14.1. The van der Waals surface area contributed by atoms with Gasteiger partial charge in [0.15, 0.2) is 6.10 Å². The van der Waals surface area contributed by atoms with Crippen LogP contribution in [0.2, 0.25) is 0 Å². The number of carbonyl (C=O) groups excluding carboxylic acids is 2. The Balaban J connectivity index is 1.53. The lowest BCUT2D eigenvalue weighted by Crippen LogP contribution is -2.53. The fourth-order valence-corrected chi connectivity index (χ4v) is 6.64. The van der Waals surface area contributed by atoms with Crippen LogP contribution < -0.4 is 10.1 Å². The van der Waals surface area contributed by atoms with Crippen molar-refractivity contribution in [3.8, 4) is 5.75 Å². The number of allylic oxidation sites excluding steroid dienone is 2. The largest absolute Gasteiger partial charge is 0.497 e. The topological polar surface area (TPSA) is 125 Å². The number of hydrogen-bond donors (Lipinski definition) is 2. The number of rotatable bonds is 13. The van der Waals surface area contributed by atoms with Crippen molar-refractivity contribution in [2.75, 3.05) is 26.7 Å². The number of aliphatic hydroxyl groups is 1. The van der Waals surface area contributed by atoms with Crippen molar-refractivity contribution in [2.24, 2.45) is 5.92 Å². The zero-order chi connectivity index (χ0) is 30.3. The van der Waals surface area contributed by atoms with Crippen LogP contribution in [-0.4, -0.2) is 85.8 Å². The maximum absolute atomic E-state index is 13.7. The molecule has 42 heavy (non-hydrogen) atoms. The van der Waals surface area contributed by atoms with Gasteiger partial charge >= 0.3 is 6.09 Å². The number of hydrogen-bond acceptors (Lipinski definition) is 7. The minimum absolute atomic E-state index is 0.0278. The third-order valence-electron chi connectivity index (χ3n) is 7.24. The van der Waals surface area contributed by atoms with Crippen molar-refractivity contribution < 1.29 is 32.6 Å². The molecule has 10 nitrogen and oxygen atoms in total. The Hall–Kier alpha value is -3.67. The van der Waals surface area contributed by atoms with E-state index in [1.807, 2.05) is 68.5 Å². The fourth-order valence-electron chi connectivity index (χ4n) is 5.02. The first-order chi connectivity index (χ1) is 20.1. The highest BCUT2D eigenvalue weighted by Crippen LogP contribution is 2.23. The van der Waals surface area contributed by atoms with Gasteiger partial charge in [-0.2, -0.15) is 4.31 Å². The summed E-state index contributed by atoms with van der Waals surface area (Å²) in [4.78, 5) is 27.5. The minimum Gasteiger partial charge on any atom is -0.497 e. The van der Waals surface area contributed by atoms with E-state index in [0.29, 0.717) is 12.2 Å². The Morgan fingerprint density at radius 3 is 2.45 bits per heavy atom. The number of nitrogens with one attached hydrogen (secondary N) is 1. The Morgan fingerprint density at radius 1 is 1.12 bits per heavy atom. The summed E-state index contributed by atoms with van der Waals surface area (Å²) in [6.07, 6.45) is 5.55. The summed E-state index contributed by atoms with van der Waals surface area (Å²) < 4.78 is 39.1. The van der Waals surface area contributed by atoms with E-state index in [0.717, 1.165) is 5.56 Å². The number of aliphatic hydroxyl groups excluding tert-OH is 1. The number of cyclic esters (lactones) is 1. The predicted molar refractivity (Wildman–Crippen MR) is 158 cm³/mol. The lowest BCUT2D eigenvalue weighted by Gasteiger charge is -2.31. The van der Waals surface area contributed by atoms with E-state index in [-0.39, 0.29) is 42.9 Å². The van der Waals surface area contributed by atoms with Gasteiger partial charge in [0, 0.05) is 13.1 Å². The Kier molecular flexibility index (Phi) is 10.4. The minimum atomic E-state index is -3.98. The third kappa shape index (κ3) is 7.78. The van der Waals surface area contributed by atoms with Crippen LogP contribution in [0.1, 0.15) is 25.8 Å². The molecule has 4 atom stereocenters. The van der Waals surface area contributed by atoms with Crippen LogP contribution in [-0.2, 0) is 26.0 Å². The molecule has 0 spiro atoms. The van der Waals surface area contributed by atoms with Gasteiger partial charge < -0.3 is 19.9 Å². The van der Waals surface area contributed by atoms with Gasteiger partial charge in [-0.3, -0.25) is 9.69 Å². The normalized spacial score (nSPS) is 20.0. The quantitative estimate of drug-likeness (QED) is 0.364. The van der Waals surface area contributed by atoms with E-state index < -0.39 is 40.3 Å². The number of carbonyl (C=O) groups is 2. The van der Waals surface area contributed by atoms with E-state index in [1.54, 1.807) is 12.1 Å². The van der Waals surface area contributed by atoms with E-state index in [2.05, 4.69) is 5.32 Å². The third-order valence-corrected chi connectivity index (χ3v) is 9.08. The van der Waals surface area contributed by atoms with Crippen LogP contribution in [0.3, 0.4) is 0 Å². The van der Waals surface area contributed by atoms with Crippen LogP contribution in [0.4, 0.5) is 4.79 Å². The zero-order valence-electron chi connectivity index (χ0n) is 24.1. The summed E-state index contributed by atoms with van der Waals surface area (Å²) in [5.41, 5.74) is 0.847. The number of methoxy groups -OCH3 is 1. The highest BCUT2D eigenvalue weighted by molar-refractivity contribution is 7.89. The van der Waals surface area contributed by atoms with Gasteiger partial charge in [0.1, 0.15) is 5.75 Å². The Bertz CT molecular complexity index is 1380. The molecule has 2 aromatic carbocycles. The summed E-state index contributed by atoms with van der Waals surface area (Å²) >= 11 is 0. The van der Waals surface area contributed by atoms with E-state index in [9.17, 15) is 23.1 Å². The molecule has 0 radical (unpaired) electrons. The zero-order valence-corrected chi connectivity index (χ0v) is 24.9. The Labute approximate surface area is 247 Å². The standard InChI is InChI=1S/C31H39N3O7S/c1-22(2)19-33(42(38,39)26-16-14-25(40-3)15-17-26)20-28(35)27(18-23-10-6-4-7-11-23)32-30(36)29-21-34(31(37)41-29)24-12-8-5-9-13-24/h4-12,14-17,22,24,27-29,35H,13,18-21H2,1-3H3,(H,32,36)/t24?,27-,28+,29-/m0/s1. The summed E-state index contributed by atoms with van der Waals surface area (Å²) in [7, 11) is -2.48. The van der Waals surface area contributed by atoms with Gasteiger partial charge in [-0.1, -0.05) is 68.5 Å². The van der Waals surface area contributed by atoms with Crippen LogP contribution in [0.5, 0.6) is 5.75 Å². The molecule has 2 aliphatic rings. The molecule has 1 heterocycles. The first-order valence-corrected chi connectivity index (χ1v) is 15.5. The highest BCUT2D eigenvalue weighted by atomic mass is 32.2. The summed E-state index contributed by atoms with van der Waals surface area (Å²) in [6, 6.07) is 14.3. The maximum atomic E-state index is 13.7. The molecule has 11 heteroatoms. The van der Waals surface area contributed by atoms with Crippen molar-refractivity contribution in [3.63, 3.8) is 0 Å². The van der Waals surface area contributed by atoms with Gasteiger partial charge in [-0.05, 0) is 48.6 Å². The SMILES string of the molecule is COc1ccc(S(=O)(=O)N(CC(C)C)C[C@@H](O)[C@H](Cc2ccccc2)NC(=O)[C@@H]2CN(C3C=CC=CC3)C(=O)O2)cc1.